The average Bonchev–Trinajstić information content (AvgIpc) is 2.80. The first-order chi connectivity index (χ1) is 15.1. The fourth-order valence-corrected chi connectivity index (χ4v) is 3.15. The Morgan fingerprint density at radius 2 is 1.71 bits per heavy atom. The lowest BCUT2D eigenvalue weighted by Crippen LogP contribution is -2.17. The van der Waals surface area contributed by atoms with Crippen LogP contribution in [0, 0.1) is 5.82 Å². The summed E-state index contributed by atoms with van der Waals surface area (Å²) in [7, 11) is 1.54. The summed E-state index contributed by atoms with van der Waals surface area (Å²) in [6.07, 6.45) is 6.33. The van der Waals surface area contributed by atoms with Crippen LogP contribution >= 0.6 is 0 Å². The van der Waals surface area contributed by atoms with Crippen LogP contribution in [-0.4, -0.2) is 28.0 Å². The maximum Gasteiger partial charge on any atom is 0.276 e. The Labute approximate surface area is 177 Å². The fraction of sp³-hybridized carbons (Fsp3) is 0.0435. The number of amides is 1. The van der Waals surface area contributed by atoms with Crippen molar-refractivity contribution >= 4 is 17.3 Å². The zero-order valence-electron chi connectivity index (χ0n) is 16.5. The van der Waals surface area contributed by atoms with Crippen molar-refractivity contribution in [3.8, 4) is 28.1 Å². The van der Waals surface area contributed by atoms with Crippen LogP contribution in [0.1, 0.15) is 10.5 Å². The lowest BCUT2D eigenvalue weighted by Gasteiger charge is -2.14. The van der Waals surface area contributed by atoms with Gasteiger partial charge in [-0.05, 0) is 36.4 Å². The van der Waals surface area contributed by atoms with Gasteiger partial charge in [-0.1, -0.05) is 12.1 Å². The number of anilines is 2. The highest BCUT2D eigenvalue weighted by molar-refractivity contribution is 6.08. The van der Waals surface area contributed by atoms with E-state index in [4.69, 9.17) is 10.5 Å². The van der Waals surface area contributed by atoms with Crippen LogP contribution < -0.4 is 15.8 Å². The van der Waals surface area contributed by atoms with Gasteiger partial charge in [-0.3, -0.25) is 14.8 Å². The molecule has 0 saturated carbocycles. The van der Waals surface area contributed by atoms with Crippen LogP contribution in [0.2, 0.25) is 0 Å². The molecule has 0 saturated heterocycles. The van der Waals surface area contributed by atoms with E-state index in [-0.39, 0.29) is 16.9 Å². The number of benzene rings is 1. The zero-order valence-corrected chi connectivity index (χ0v) is 16.5. The first-order valence-corrected chi connectivity index (χ1v) is 9.33. The molecule has 0 aliphatic heterocycles. The molecule has 1 amide bonds. The standard InChI is InChI=1S/C23H18FN5O2/c1-31-21-13-27-11-9-15(21)14-8-10-26-12-20(14)29-23(30)22-18(25)6-7-19(28-22)16-4-2-3-5-17(16)24/h2-13H,25H2,1H3,(H,29,30). The minimum Gasteiger partial charge on any atom is -0.494 e. The number of nitrogens with two attached hydrogens (primary N) is 1. The van der Waals surface area contributed by atoms with Gasteiger partial charge in [-0.15, -0.1) is 0 Å². The van der Waals surface area contributed by atoms with E-state index >= 15 is 0 Å². The number of hydrogen-bond acceptors (Lipinski definition) is 6. The molecule has 3 aromatic heterocycles. The summed E-state index contributed by atoms with van der Waals surface area (Å²) in [5.74, 6) is -0.438. The third kappa shape index (κ3) is 4.04. The number of hydrogen-bond donors (Lipinski definition) is 2. The van der Waals surface area contributed by atoms with E-state index in [1.807, 2.05) is 0 Å². The molecule has 0 bridgehead atoms. The molecule has 3 N–H and O–H groups in total. The SMILES string of the molecule is COc1cnccc1-c1ccncc1NC(=O)c1nc(-c2ccccc2F)ccc1N. The van der Waals surface area contributed by atoms with Crippen LogP contribution in [0.25, 0.3) is 22.4 Å². The van der Waals surface area contributed by atoms with E-state index in [1.165, 1.54) is 18.3 Å². The Morgan fingerprint density at radius 3 is 2.48 bits per heavy atom. The molecular weight excluding hydrogens is 397 g/mol. The van der Waals surface area contributed by atoms with Crippen molar-refractivity contribution in [2.45, 2.75) is 0 Å². The van der Waals surface area contributed by atoms with Crippen LogP contribution in [0.15, 0.2) is 73.3 Å². The van der Waals surface area contributed by atoms with Crippen molar-refractivity contribution in [1.82, 2.24) is 15.0 Å². The molecule has 4 rings (SSSR count). The molecule has 0 aliphatic rings. The van der Waals surface area contributed by atoms with Gasteiger partial charge in [0.25, 0.3) is 5.91 Å². The highest BCUT2D eigenvalue weighted by Crippen LogP contribution is 2.34. The Balaban J connectivity index is 1.70. The van der Waals surface area contributed by atoms with Gasteiger partial charge in [0.05, 0.1) is 36.6 Å². The number of rotatable bonds is 5. The van der Waals surface area contributed by atoms with Gasteiger partial charge >= 0.3 is 0 Å². The van der Waals surface area contributed by atoms with E-state index in [9.17, 15) is 9.18 Å². The molecular formula is C23H18FN5O2. The minimum atomic E-state index is -0.544. The van der Waals surface area contributed by atoms with E-state index in [2.05, 4.69) is 20.3 Å². The number of nitrogens with zero attached hydrogens (tertiary/aromatic N) is 3. The Morgan fingerprint density at radius 1 is 0.968 bits per heavy atom. The number of aromatic nitrogens is 3. The lowest BCUT2D eigenvalue weighted by atomic mass is 10.1. The zero-order chi connectivity index (χ0) is 21.8. The van der Waals surface area contributed by atoms with Gasteiger partial charge in [0.2, 0.25) is 0 Å². The van der Waals surface area contributed by atoms with Gasteiger partial charge in [0.15, 0.2) is 5.69 Å². The maximum absolute atomic E-state index is 14.2. The third-order valence-electron chi connectivity index (χ3n) is 4.66. The largest absolute Gasteiger partial charge is 0.494 e. The van der Waals surface area contributed by atoms with Gasteiger partial charge < -0.3 is 15.8 Å². The van der Waals surface area contributed by atoms with Crippen LogP contribution in [0.3, 0.4) is 0 Å². The molecule has 4 aromatic rings. The van der Waals surface area contributed by atoms with Gasteiger partial charge in [-0.2, -0.15) is 0 Å². The summed E-state index contributed by atoms with van der Waals surface area (Å²) in [6, 6.07) is 12.8. The van der Waals surface area contributed by atoms with Crippen molar-refractivity contribution < 1.29 is 13.9 Å². The summed E-state index contributed by atoms with van der Waals surface area (Å²) in [4.78, 5) is 25.5. The molecule has 7 nitrogen and oxygen atoms in total. The molecule has 0 aliphatic carbocycles. The summed E-state index contributed by atoms with van der Waals surface area (Å²) in [6.45, 7) is 0. The summed E-state index contributed by atoms with van der Waals surface area (Å²) >= 11 is 0. The van der Waals surface area contributed by atoms with E-state index < -0.39 is 11.7 Å². The fourth-order valence-electron chi connectivity index (χ4n) is 3.15. The van der Waals surface area contributed by atoms with Crippen LogP contribution in [0.5, 0.6) is 5.75 Å². The number of pyridine rings is 3. The maximum atomic E-state index is 14.2. The topological polar surface area (TPSA) is 103 Å². The highest BCUT2D eigenvalue weighted by Gasteiger charge is 2.18. The first-order valence-electron chi connectivity index (χ1n) is 9.33. The lowest BCUT2D eigenvalue weighted by molar-refractivity contribution is 0.102. The van der Waals surface area contributed by atoms with Crippen LogP contribution in [0.4, 0.5) is 15.8 Å². The molecule has 3 heterocycles. The van der Waals surface area contributed by atoms with Crippen LogP contribution in [-0.2, 0) is 0 Å². The highest BCUT2D eigenvalue weighted by atomic mass is 19.1. The second-order valence-corrected chi connectivity index (χ2v) is 6.57. The van der Waals surface area contributed by atoms with Crippen molar-refractivity contribution in [3.05, 3.63) is 84.8 Å². The van der Waals surface area contributed by atoms with Gasteiger partial charge in [-0.25, -0.2) is 9.37 Å². The second-order valence-electron chi connectivity index (χ2n) is 6.57. The van der Waals surface area contributed by atoms with Crippen molar-refractivity contribution in [3.63, 3.8) is 0 Å². The van der Waals surface area contributed by atoms with Gasteiger partial charge in [0, 0.05) is 29.1 Å². The number of carbonyl (C=O) groups excluding carboxylic acids is 1. The molecule has 1 aromatic carbocycles. The number of nitrogens with one attached hydrogen (secondary N) is 1. The predicted molar refractivity (Wildman–Crippen MR) is 116 cm³/mol. The molecule has 0 radical (unpaired) electrons. The summed E-state index contributed by atoms with van der Waals surface area (Å²) < 4.78 is 19.5. The third-order valence-corrected chi connectivity index (χ3v) is 4.66. The molecule has 0 unspecified atom stereocenters. The summed E-state index contributed by atoms with van der Waals surface area (Å²) in [5, 5.41) is 2.80. The van der Waals surface area contributed by atoms with E-state index in [0.29, 0.717) is 22.7 Å². The first kappa shape index (κ1) is 20.0. The molecule has 0 fully saturated rings. The summed E-state index contributed by atoms with van der Waals surface area (Å²) in [5.41, 5.74) is 8.59. The number of halogens is 1. The molecule has 154 valence electrons. The predicted octanol–water partition coefficient (Wildman–Crippen LogP) is 4.19. The number of ether oxygens (including phenoxy) is 1. The Bertz CT molecular complexity index is 1260. The minimum absolute atomic E-state index is 0.0164. The Hall–Kier alpha value is -4.33. The number of nitrogen functional groups attached to an aromatic ring is 1. The molecule has 31 heavy (non-hydrogen) atoms. The van der Waals surface area contributed by atoms with Crippen molar-refractivity contribution in [2.24, 2.45) is 0 Å². The quantitative estimate of drug-likeness (QED) is 0.507. The molecule has 0 atom stereocenters. The number of carbonyl (C=O) groups is 1. The normalized spacial score (nSPS) is 10.5. The smallest absolute Gasteiger partial charge is 0.276 e. The number of methoxy groups -OCH3 is 1. The van der Waals surface area contributed by atoms with Crippen molar-refractivity contribution in [2.75, 3.05) is 18.2 Å². The molecule has 0 spiro atoms. The average molecular weight is 415 g/mol. The second kappa shape index (κ2) is 8.58. The van der Waals surface area contributed by atoms with Crippen molar-refractivity contribution in [1.29, 1.82) is 0 Å². The molecule has 8 heteroatoms. The van der Waals surface area contributed by atoms with Gasteiger partial charge in [0.1, 0.15) is 11.6 Å². The van der Waals surface area contributed by atoms with E-state index in [1.54, 1.807) is 62.1 Å². The van der Waals surface area contributed by atoms with E-state index in [0.717, 1.165) is 5.56 Å². The monoisotopic (exact) mass is 415 g/mol. The Kier molecular flexibility index (Phi) is 5.53.